The second-order valence-electron chi connectivity index (χ2n) is 8.31. The number of amides is 1. The van der Waals surface area contributed by atoms with Gasteiger partial charge in [-0.25, -0.2) is 4.98 Å². The quantitative estimate of drug-likeness (QED) is 0.388. The smallest absolute Gasteiger partial charge is 0.260 e. The van der Waals surface area contributed by atoms with E-state index in [0.717, 1.165) is 59.1 Å². The number of nitrogens with zero attached hydrogens (tertiary/aromatic N) is 1. The van der Waals surface area contributed by atoms with Crippen LogP contribution in [-0.4, -0.2) is 21.1 Å². The number of thiophene rings is 1. The van der Waals surface area contributed by atoms with Gasteiger partial charge in [0.2, 0.25) is 5.91 Å². The van der Waals surface area contributed by atoms with Crippen molar-refractivity contribution in [1.82, 2.24) is 9.97 Å². The number of aryl methyl sites for hydroxylation is 3. The summed E-state index contributed by atoms with van der Waals surface area (Å²) in [6, 6.07) is 6.15. The molecule has 1 aliphatic rings. The molecule has 0 radical (unpaired) electrons. The van der Waals surface area contributed by atoms with Crippen molar-refractivity contribution in [3.8, 4) is 0 Å². The number of nitrogens with one attached hydrogen (secondary N) is 2. The lowest BCUT2D eigenvalue weighted by atomic mass is 9.89. The Hall–Kier alpha value is -2.12. The van der Waals surface area contributed by atoms with Crippen molar-refractivity contribution in [1.29, 1.82) is 0 Å². The van der Waals surface area contributed by atoms with Crippen LogP contribution in [0.4, 0.5) is 5.69 Å². The van der Waals surface area contributed by atoms with Crippen molar-refractivity contribution in [2.75, 3.05) is 5.32 Å². The molecule has 1 amide bonds. The van der Waals surface area contributed by atoms with Crippen LogP contribution in [0.1, 0.15) is 55.7 Å². The Morgan fingerprint density at radius 2 is 2.03 bits per heavy atom. The minimum atomic E-state index is -0.384. The molecule has 3 aromatic rings. The van der Waals surface area contributed by atoms with E-state index in [9.17, 15) is 9.59 Å². The summed E-state index contributed by atoms with van der Waals surface area (Å²) in [7, 11) is 0. The van der Waals surface area contributed by atoms with Gasteiger partial charge >= 0.3 is 0 Å². The Bertz CT molecular complexity index is 1160. The van der Waals surface area contributed by atoms with Gasteiger partial charge in [-0.3, -0.25) is 9.59 Å². The van der Waals surface area contributed by atoms with E-state index in [0.29, 0.717) is 11.1 Å². The third kappa shape index (κ3) is 4.44. The third-order valence-corrected chi connectivity index (χ3v) is 8.18. The number of aromatic amines is 1. The number of hydrogen-bond acceptors (Lipinski definition) is 5. The Balaban J connectivity index is 1.56. The number of hydrogen-bond donors (Lipinski definition) is 2. The van der Waals surface area contributed by atoms with Crippen molar-refractivity contribution < 1.29 is 4.79 Å². The van der Waals surface area contributed by atoms with Crippen molar-refractivity contribution in [2.24, 2.45) is 5.92 Å². The fraction of sp³-hybridized carbons (Fsp3) is 0.458. The molecule has 5 nitrogen and oxygen atoms in total. The second kappa shape index (κ2) is 9.17. The fourth-order valence-corrected chi connectivity index (χ4v) is 6.47. The lowest BCUT2D eigenvalue weighted by molar-refractivity contribution is -0.115. The average molecular weight is 456 g/mol. The molecule has 1 aromatic carbocycles. The number of H-pyrrole nitrogens is 1. The molecule has 4 rings (SSSR count). The Morgan fingerprint density at radius 1 is 1.32 bits per heavy atom. The number of fused-ring (bicyclic) bond motifs is 3. The van der Waals surface area contributed by atoms with Gasteiger partial charge in [0.15, 0.2) is 5.16 Å². The number of carbonyl (C=O) groups excluding carboxylic acids is 1. The zero-order valence-corrected chi connectivity index (χ0v) is 20.1. The number of benzene rings is 1. The number of para-hydroxylation sites is 1. The minimum absolute atomic E-state index is 0.0809. The fourth-order valence-electron chi connectivity index (χ4n) is 4.23. The van der Waals surface area contributed by atoms with Crippen LogP contribution in [0.5, 0.6) is 0 Å². The Kier molecular flexibility index (Phi) is 6.53. The van der Waals surface area contributed by atoms with Gasteiger partial charge in [-0.2, -0.15) is 0 Å². The molecule has 0 aliphatic heterocycles. The van der Waals surface area contributed by atoms with Crippen LogP contribution >= 0.6 is 23.1 Å². The van der Waals surface area contributed by atoms with Gasteiger partial charge in [-0.15, -0.1) is 11.3 Å². The van der Waals surface area contributed by atoms with Gasteiger partial charge in [-0.1, -0.05) is 50.7 Å². The van der Waals surface area contributed by atoms with E-state index in [-0.39, 0.29) is 16.7 Å². The predicted octanol–water partition coefficient (Wildman–Crippen LogP) is 5.35. The number of rotatable bonds is 6. The highest BCUT2D eigenvalue weighted by molar-refractivity contribution is 8.00. The lowest BCUT2D eigenvalue weighted by Gasteiger charge is -2.17. The van der Waals surface area contributed by atoms with E-state index >= 15 is 0 Å². The summed E-state index contributed by atoms with van der Waals surface area (Å²) in [6.45, 7) is 8.29. The molecule has 164 valence electrons. The first-order valence-corrected chi connectivity index (χ1v) is 12.7. The van der Waals surface area contributed by atoms with E-state index in [1.54, 1.807) is 11.3 Å². The van der Waals surface area contributed by atoms with Crippen LogP contribution in [0, 0.1) is 5.92 Å². The van der Waals surface area contributed by atoms with Gasteiger partial charge in [0.05, 0.1) is 10.6 Å². The first kappa shape index (κ1) is 22.1. The second-order valence-corrected chi connectivity index (χ2v) is 10.7. The molecule has 2 heterocycles. The monoisotopic (exact) mass is 455 g/mol. The lowest BCUT2D eigenvalue weighted by Crippen LogP contribution is -2.24. The van der Waals surface area contributed by atoms with Gasteiger partial charge in [0.1, 0.15) is 4.83 Å². The zero-order valence-electron chi connectivity index (χ0n) is 18.5. The van der Waals surface area contributed by atoms with E-state index < -0.39 is 0 Å². The van der Waals surface area contributed by atoms with Gasteiger partial charge < -0.3 is 10.3 Å². The van der Waals surface area contributed by atoms with Crippen molar-refractivity contribution in [2.45, 2.75) is 70.2 Å². The molecule has 1 aliphatic carbocycles. The highest BCUT2D eigenvalue weighted by Gasteiger charge is 2.24. The molecule has 2 atom stereocenters. The summed E-state index contributed by atoms with van der Waals surface area (Å²) in [4.78, 5) is 35.5. The van der Waals surface area contributed by atoms with Gasteiger partial charge in [0.25, 0.3) is 5.56 Å². The number of aromatic nitrogens is 2. The normalized spacial score (nSPS) is 16.8. The van der Waals surface area contributed by atoms with Gasteiger partial charge in [-0.05, 0) is 61.6 Å². The van der Waals surface area contributed by atoms with Crippen LogP contribution in [-0.2, 0) is 30.5 Å². The highest BCUT2D eigenvalue weighted by Crippen LogP contribution is 2.36. The van der Waals surface area contributed by atoms with E-state index in [1.165, 1.54) is 22.2 Å². The number of anilines is 1. The standard InChI is InChI=1S/C24H29N3O2S2/c1-5-15-8-7-9-16(6-2)20(15)25-21(28)14(4)30-24-26-22(29)19-17-11-10-13(3)12-18(17)31-23(19)27-24/h7-9,13-14H,5-6,10-12H2,1-4H3,(H,25,28)(H,26,27,29). The largest absolute Gasteiger partial charge is 0.325 e. The van der Waals surface area contributed by atoms with E-state index in [1.807, 2.05) is 13.0 Å². The summed E-state index contributed by atoms with van der Waals surface area (Å²) in [6.07, 6.45) is 4.80. The average Bonchev–Trinajstić information content (AvgIpc) is 3.11. The maximum atomic E-state index is 12.9. The van der Waals surface area contributed by atoms with Crippen molar-refractivity contribution in [3.05, 3.63) is 50.1 Å². The molecule has 2 aromatic heterocycles. The third-order valence-electron chi connectivity index (χ3n) is 6.05. The highest BCUT2D eigenvalue weighted by atomic mass is 32.2. The van der Waals surface area contributed by atoms with Crippen LogP contribution in [0.15, 0.2) is 28.2 Å². The summed E-state index contributed by atoms with van der Waals surface area (Å²) in [5.74, 6) is 0.568. The molecule has 2 unspecified atom stereocenters. The van der Waals surface area contributed by atoms with Crippen LogP contribution in [0.3, 0.4) is 0 Å². The van der Waals surface area contributed by atoms with Crippen LogP contribution in [0.25, 0.3) is 10.2 Å². The molecule has 0 saturated heterocycles. The van der Waals surface area contributed by atoms with Crippen LogP contribution < -0.4 is 10.9 Å². The maximum absolute atomic E-state index is 12.9. The Morgan fingerprint density at radius 3 is 2.71 bits per heavy atom. The molecule has 0 fully saturated rings. The molecule has 7 heteroatoms. The number of carbonyl (C=O) groups is 1. The topological polar surface area (TPSA) is 74.8 Å². The maximum Gasteiger partial charge on any atom is 0.260 e. The Labute approximate surface area is 191 Å². The summed E-state index contributed by atoms with van der Waals surface area (Å²) >= 11 is 2.94. The SMILES string of the molecule is CCc1cccc(CC)c1NC(=O)C(C)Sc1nc2sc3c(c2c(=O)[nH]1)CCC(C)C3. The van der Waals surface area contributed by atoms with Gasteiger partial charge in [0, 0.05) is 10.6 Å². The molecule has 2 N–H and O–H groups in total. The first-order chi connectivity index (χ1) is 14.9. The molecular formula is C24H29N3O2S2. The molecule has 0 spiro atoms. The van der Waals surface area contributed by atoms with E-state index in [4.69, 9.17) is 4.98 Å². The molecular weight excluding hydrogens is 426 g/mol. The molecule has 0 saturated carbocycles. The van der Waals surface area contributed by atoms with Crippen LogP contribution in [0.2, 0.25) is 0 Å². The zero-order chi connectivity index (χ0) is 22.1. The van der Waals surface area contributed by atoms with Crippen molar-refractivity contribution in [3.63, 3.8) is 0 Å². The molecule has 0 bridgehead atoms. The van der Waals surface area contributed by atoms with E-state index in [2.05, 4.69) is 43.2 Å². The van der Waals surface area contributed by atoms with Crippen molar-refractivity contribution >= 4 is 44.9 Å². The summed E-state index contributed by atoms with van der Waals surface area (Å²) in [5.41, 5.74) is 4.28. The molecule has 31 heavy (non-hydrogen) atoms. The first-order valence-electron chi connectivity index (χ1n) is 11.0. The summed E-state index contributed by atoms with van der Waals surface area (Å²) in [5, 5.41) is 3.99. The number of thioether (sulfide) groups is 1. The summed E-state index contributed by atoms with van der Waals surface area (Å²) < 4.78 is 0. The predicted molar refractivity (Wildman–Crippen MR) is 131 cm³/mol. The minimum Gasteiger partial charge on any atom is -0.325 e.